The van der Waals surface area contributed by atoms with Crippen LogP contribution in [0.3, 0.4) is 0 Å². The van der Waals surface area contributed by atoms with Crippen LogP contribution >= 0.6 is 23.1 Å². The highest BCUT2D eigenvalue weighted by Crippen LogP contribution is 2.26. The van der Waals surface area contributed by atoms with Gasteiger partial charge in [-0.05, 0) is 55.5 Å². The fourth-order valence-corrected chi connectivity index (χ4v) is 4.51. The minimum absolute atomic E-state index is 0.119. The smallest absolute Gasteiger partial charge is 0.256 e. The van der Waals surface area contributed by atoms with Crippen LogP contribution in [0.4, 0.5) is 11.4 Å². The zero-order valence-electron chi connectivity index (χ0n) is 17.4. The van der Waals surface area contributed by atoms with Crippen molar-refractivity contribution in [1.29, 1.82) is 0 Å². The maximum Gasteiger partial charge on any atom is 0.256 e. The molecule has 0 aliphatic heterocycles. The molecule has 0 bridgehead atoms. The van der Waals surface area contributed by atoms with E-state index in [2.05, 4.69) is 15.6 Å². The van der Waals surface area contributed by atoms with Crippen molar-refractivity contribution in [3.63, 3.8) is 0 Å². The zero-order valence-corrected chi connectivity index (χ0v) is 19.0. The number of thioether (sulfide) groups is 1. The molecule has 2 amide bonds. The third kappa shape index (κ3) is 5.63. The number of nitrogens with zero attached hydrogens (tertiary/aromatic N) is 1. The van der Waals surface area contributed by atoms with Gasteiger partial charge in [-0.15, -0.1) is 23.1 Å². The van der Waals surface area contributed by atoms with Crippen LogP contribution in [0.25, 0.3) is 10.6 Å². The number of aryl methyl sites for hydroxylation is 1. The second-order valence-electron chi connectivity index (χ2n) is 7.07. The van der Waals surface area contributed by atoms with E-state index < -0.39 is 0 Å². The van der Waals surface area contributed by atoms with E-state index >= 15 is 0 Å². The predicted octanol–water partition coefficient (Wildman–Crippen LogP) is 6.10. The number of thiazole rings is 1. The predicted molar refractivity (Wildman–Crippen MR) is 132 cm³/mol. The first kappa shape index (κ1) is 21.8. The van der Waals surface area contributed by atoms with Crippen LogP contribution in [-0.2, 0) is 4.79 Å². The van der Waals surface area contributed by atoms with E-state index in [0.717, 1.165) is 26.7 Å². The summed E-state index contributed by atoms with van der Waals surface area (Å²) in [6.45, 7) is 2.00. The number of benzene rings is 3. The fraction of sp³-hybridized carbons (Fsp3) is 0.0800. The number of aromatic nitrogens is 1. The van der Waals surface area contributed by atoms with E-state index in [0.29, 0.717) is 11.3 Å². The van der Waals surface area contributed by atoms with Gasteiger partial charge in [-0.3, -0.25) is 9.59 Å². The van der Waals surface area contributed by atoms with Crippen molar-refractivity contribution < 1.29 is 9.59 Å². The molecule has 0 radical (unpaired) electrons. The Kier molecular flexibility index (Phi) is 6.99. The standard InChI is InChI=1S/C25H21N3O2S2/c1-17-6-10-19(11-7-17)27-23(29)16-32-22-5-3-2-4-21(22)24(30)28-20-12-8-18(9-13-20)25-26-14-15-31-25/h2-15H,16H2,1H3,(H,27,29)(H,28,30). The summed E-state index contributed by atoms with van der Waals surface area (Å²) in [5.74, 6) is -0.124. The van der Waals surface area contributed by atoms with E-state index in [1.807, 2.05) is 79.0 Å². The van der Waals surface area contributed by atoms with Crippen LogP contribution in [-0.4, -0.2) is 22.6 Å². The minimum Gasteiger partial charge on any atom is -0.325 e. The number of hydrogen-bond donors (Lipinski definition) is 2. The van der Waals surface area contributed by atoms with Crippen LogP contribution < -0.4 is 10.6 Å². The Hall–Kier alpha value is -3.42. The molecule has 0 fully saturated rings. The second kappa shape index (κ2) is 10.3. The Bertz CT molecular complexity index is 1200. The summed E-state index contributed by atoms with van der Waals surface area (Å²) in [6, 6.07) is 22.5. The minimum atomic E-state index is -0.214. The van der Waals surface area contributed by atoms with Crippen molar-refractivity contribution in [2.45, 2.75) is 11.8 Å². The lowest BCUT2D eigenvalue weighted by Crippen LogP contribution is -2.15. The number of amides is 2. The molecule has 0 unspecified atom stereocenters. The number of carbonyl (C=O) groups excluding carboxylic acids is 2. The first-order chi connectivity index (χ1) is 15.6. The number of nitrogens with one attached hydrogen (secondary N) is 2. The molecule has 0 aliphatic rings. The monoisotopic (exact) mass is 459 g/mol. The molecular formula is C25H21N3O2S2. The van der Waals surface area contributed by atoms with Crippen LogP contribution in [0.15, 0.2) is 89.3 Å². The highest BCUT2D eigenvalue weighted by molar-refractivity contribution is 8.00. The van der Waals surface area contributed by atoms with Gasteiger partial charge in [0, 0.05) is 33.4 Å². The van der Waals surface area contributed by atoms with Crippen molar-refractivity contribution in [3.05, 3.63) is 95.5 Å². The Balaban J connectivity index is 1.38. The van der Waals surface area contributed by atoms with Gasteiger partial charge in [0.1, 0.15) is 5.01 Å². The maximum absolute atomic E-state index is 12.9. The first-order valence-corrected chi connectivity index (χ1v) is 11.8. The molecule has 0 saturated carbocycles. The number of hydrogen-bond acceptors (Lipinski definition) is 5. The van der Waals surface area contributed by atoms with E-state index in [4.69, 9.17) is 0 Å². The summed E-state index contributed by atoms with van der Waals surface area (Å²) >= 11 is 2.91. The molecule has 7 heteroatoms. The van der Waals surface area contributed by atoms with Gasteiger partial charge >= 0.3 is 0 Å². The SMILES string of the molecule is Cc1ccc(NC(=O)CSc2ccccc2C(=O)Nc2ccc(-c3nccs3)cc2)cc1. The van der Waals surface area contributed by atoms with Gasteiger partial charge in [-0.25, -0.2) is 4.98 Å². The van der Waals surface area contributed by atoms with Crippen LogP contribution in [0.2, 0.25) is 0 Å². The molecule has 0 atom stereocenters. The molecule has 4 aromatic rings. The topological polar surface area (TPSA) is 71.1 Å². The van der Waals surface area contributed by atoms with Gasteiger partial charge in [0.05, 0.1) is 11.3 Å². The molecule has 0 spiro atoms. The average molecular weight is 460 g/mol. The molecule has 1 aromatic heterocycles. The van der Waals surface area contributed by atoms with Gasteiger partial charge in [-0.2, -0.15) is 0 Å². The van der Waals surface area contributed by atoms with Crippen molar-refractivity contribution >= 4 is 46.3 Å². The van der Waals surface area contributed by atoms with Gasteiger partial charge < -0.3 is 10.6 Å². The zero-order chi connectivity index (χ0) is 22.3. The van der Waals surface area contributed by atoms with E-state index in [1.165, 1.54) is 11.8 Å². The van der Waals surface area contributed by atoms with Gasteiger partial charge in [-0.1, -0.05) is 29.8 Å². The molecule has 160 valence electrons. The van der Waals surface area contributed by atoms with Crippen LogP contribution in [0, 0.1) is 6.92 Å². The third-order valence-corrected chi connectivity index (χ3v) is 6.54. The summed E-state index contributed by atoms with van der Waals surface area (Å²) in [4.78, 5) is 30.3. The Morgan fingerprint density at radius 2 is 1.59 bits per heavy atom. The number of carbonyl (C=O) groups is 2. The van der Waals surface area contributed by atoms with Crippen molar-refractivity contribution in [1.82, 2.24) is 4.98 Å². The lowest BCUT2D eigenvalue weighted by Gasteiger charge is -2.11. The Morgan fingerprint density at radius 3 is 2.31 bits per heavy atom. The quantitative estimate of drug-likeness (QED) is 0.328. The van der Waals surface area contributed by atoms with Gasteiger partial charge in [0.15, 0.2) is 0 Å². The second-order valence-corrected chi connectivity index (χ2v) is 8.98. The van der Waals surface area contributed by atoms with Crippen LogP contribution in [0.1, 0.15) is 15.9 Å². The first-order valence-electron chi connectivity index (χ1n) is 9.98. The highest BCUT2D eigenvalue weighted by atomic mass is 32.2. The fourth-order valence-electron chi connectivity index (χ4n) is 3.02. The van der Waals surface area contributed by atoms with Gasteiger partial charge in [0.25, 0.3) is 5.91 Å². The average Bonchev–Trinajstić information content (AvgIpc) is 3.35. The summed E-state index contributed by atoms with van der Waals surface area (Å²) in [5, 5.41) is 8.68. The molecule has 0 saturated heterocycles. The lowest BCUT2D eigenvalue weighted by atomic mass is 10.2. The highest BCUT2D eigenvalue weighted by Gasteiger charge is 2.13. The number of anilines is 2. The van der Waals surface area contributed by atoms with E-state index in [1.54, 1.807) is 23.6 Å². The van der Waals surface area contributed by atoms with Crippen molar-refractivity contribution in [3.8, 4) is 10.6 Å². The molecular weight excluding hydrogens is 438 g/mol. The summed E-state index contributed by atoms with van der Waals surface area (Å²) < 4.78 is 0. The number of rotatable bonds is 7. The summed E-state index contributed by atoms with van der Waals surface area (Å²) in [6.07, 6.45) is 1.77. The molecule has 0 aliphatic carbocycles. The van der Waals surface area contributed by atoms with E-state index in [9.17, 15) is 9.59 Å². The van der Waals surface area contributed by atoms with Gasteiger partial charge in [0.2, 0.25) is 5.91 Å². The molecule has 1 heterocycles. The molecule has 4 rings (SSSR count). The Morgan fingerprint density at radius 1 is 0.906 bits per heavy atom. The van der Waals surface area contributed by atoms with E-state index in [-0.39, 0.29) is 17.6 Å². The van der Waals surface area contributed by atoms with Crippen molar-refractivity contribution in [2.24, 2.45) is 0 Å². The van der Waals surface area contributed by atoms with Crippen molar-refractivity contribution in [2.75, 3.05) is 16.4 Å². The molecule has 32 heavy (non-hydrogen) atoms. The molecule has 3 aromatic carbocycles. The maximum atomic E-state index is 12.9. The normalized spacial score (nSPS) is 10.5. The largest absolute Gasteiger partial charge is 0.325 e. The molecule has 5 nitrogen and oxygen atoms in total. The summed E-state index contributed by atoms with van der Waals surface area (Å²) in [5.41, 5.74) is 4.13. The van der Waals surface area contributed by atoms with Crippen LogP contribution in [0.5, 0.6) is 0 Å². The lowest BCUT2D eigenvalue weighted by molar-refractivity contribution is -0.113. The Labute approximate surface area is 194 Å². The molecule has 2 N–H and O–H groups in total. The third-order valence-electron chi connectivity index (χ3n) is 4.65. The summed E-state index contributed by atoms with van der Waals surface area (Å²) in [7, 11) is 0.